The van der Waals surface area contributed by atoms with Crippen LogP contribution in [0, 0.1) is 5.82 Å². The molecule has 1 heterocycles. The van der Waals surface area contributed by atoms with E-state index >= 15 is 0 Å². The van der Waals surface area contributed by atoms with Gasteiger partial charge in [0.15, 0.2) is 5.78 Å². The van der Waals surface area contributed by atoms with Crippen LogP contribution in [0.3, 0.4) is 0 Å². The van der Waals surface area contributed by atoms with E-state index in [4.69, 9.17) is 9.15 Å². The maximum atomic E-state index is 14.4. The van der Waals surface area contributed by atoms with Gasteiger partial charge in [0.25, 0.3) is 0 Å². The third kappa shape index (κ3) is 5.49. The first kappa shape index (κ1) is 25.5. The Morgan fingerprint density at radius 1 is 0.941 bits per heavy atom. The van der Waals surface area contributed by atoms with Crippen LogP contribution in [-0.4, -0.2) is 36.9 Å². The van der Waals surface area contributed by atoms with E-state index in [9.17, 15) is 9.18 Å². The number of ether oxygens (including phenoxy) is 1. The van der Waals surface area contributed by atoms with Gasteiger partial charge in [-0.3, -0.25) is 4.79 Å². The predicted molar refractivity (Wildman–Crippen MR) is 137 cm³/mol. The highest BCUT2D eigenvalue weighted by atomic mass is 35.5. The molecule has 0 amide bonds. The Morgan fingerprint density at radius 2 is 1.62 bits per heavy atom. The number of benzene rings is 3. The molecule has 0 saturated carbocycles. The largest absolute Gasteiger partial charge is 0.494 e. The fraction of sp³-hybridized carbons (Fsp3) is 0.250. The predicted octanol–water partition coefficient (Wildman–Crippen LogP) is 7.00. The number of hydrogen-bond donors (Lipinski definition) is 0. The minimum atomic E-state index is -0.549. The van der Waals surface area contributed by atoms with Gasteiger partial charge >= 0.3 is 0 Å². The summed E-state index contributed by atoms with van der Waals surface area (Å²) in [4.78, 5) is 15.7. The summed E-state index contributed by atoms with van der Waals surface area (Å²) in [6, 6.07) is 20.8. The zero-order valence-electron chi connectivity index (χ0n) is 19.4. The van der Waals surface area contributed by atoms with Crippen molar-refractivity contribution in [3.63, 3.8) is 0 Å². The molecule has 0 aliphatic heterocycles. The normalized spacial score (nSPS) is 10.9. The Balaban J connectivity index is 0.00000324. The molecule has 0 N–H and O–H groups in total. The van der Waals surface area contributed by atoms with Gasteiger partial charge in [0, 0.05) is 17.5 Å². The molecule has 0 bridgehead atoms. The molecule has 0 aliphatic carbocycles. The number of halogens is 2. The highest BCUT2D eigenvalue weighted by molar-refractivity contribution is 6.19. The quantitative estimate of drug-likeness (QED) is 0.180. The maximum absolute atomic E-state index is 14.4. The smallest absolute Gasteiger partial charge is 0.200 e. The number of hydrogen-bond acceptors (Lipinski definition) is 4. The molecule has 0 unspecified atom stereocenters. The van der Waals surface area contributed by atoms with Crippen LogP contribution in [0.5, 0.6) is 5.75 Å². The second-order valence-corrected chi connectivity index (χ2v) is 7.86. The number of carbonyl (C=O) groups is 1. The van der Waals surface area contributed by atoms with Crippen LogP contribution in [0.4, 0.5) is 4.39 Å². The highest BCUT2D eigenvalue weighted by Gasteiger charge is 2.24. The van der Waals surface area contributed by atoms with E-state index in [1.807, 2.05) is 48.5 Å². The topological polar surface area (TPSA) is 42.7 Å². The van der Waals surface area contributed by atoms with Gasteiger partial charge in [0.05, 0.1) is 17.7 Å². The van der Waals surface area contributed by atoms with Crippen molar-refractivity contribution in [1.82, 2.24) is 4.90 Å². The van der Waals surface area contributed by atoms with Gasteiger partial charge in [-0.2, -0.15) is 0 Å². The first-order valence-electron chi connectivity index (χ1n) is 11.4. The lowest BCUT2D eigenvalue weighted by atomic mass is 9.97. The lowest BCUT2D eigenvalue weighted by Gasteiger charge is -2.17. The van der Waals surface area contributed by atoms with Crippen LogP contribution in [0.25, 0.3) is 22.3 Å². The van der Waals surface area contributed by atoms with Crippen LogP contribution in [0.2, 0.25) is 0 Å². The van der Waals surface area contributed by atoms with Gasteiger partial charge in [0.2, 0.25) is 0 Å². The molecule has 4 nitrogen and oxygen atoms in total. The summed E-state index contributed by atoms with van der Waals surface area (Å²) in [6.45, 7) is 8.04. The lowest BCUT2D eigenvalue weighted by molar-refractivity contribution is 0.103. The molecule has 0 radical (unpaired) electrons. The molecule has 0 fully saturated rings. The summed E-state index contributed by atoms with van der Waals surface area (Å²) in [5, 5.41) is 0.664. The van der Waals surface area contributed by atoms with Gasteiger partial charge in [-0.1, -0.05) is 44.2 Å². The van der Waals surface area contributed by atoms with E-state index in [0.717, 1.165) is 37.4 Å². The Kier molecular flexibility index (Phi) is 8.85. The molecular weight excluding hydrogens is 453 g/mol. The average Bonchev–Trinajstić information content (AvgIpc) is 3.24. The number of ketones is 1. The van der Waals surface area contributed by atoms with Crippen molar-refractivity contribution < 1.29 is 18.3 Å². The van der Waals surface area contributed by atoms with E-state index in [2.05, 4.69) is 18.7 Å². The summed E-state index contributed by atoms with van der Waals surface area (Å²) in [7, 11) is 0. The molecule has 34 heavy (non-hydrogen) atoms. The van der Waals surface area contributed by atoms with Gasteiger partial charge in [-0.15, -0.1) is 12.4 Å². The van der Waals surface area contributed by atoms with Gasteiger partial charge < -0.3 is 14.1 Å². The third-order valence-electron chi connectivity index (χ3n) is 5.84. The minimum absolute atomic E-state index is 0. The van der Waals surface area contributed by atoms with Crippen molar-refractivity contribution in [3.8, 4) is 17.1 Å². The van der Waals surface area contributed by atoms with E-state index < -0.39 is 11.6 Å². The Morgan fingerprint density at radius 3 is 2.32 bits per heavy atom. The molecule has 1 aromatic heterocycles. The average molecular weight is 482 g/mol. The summed E-state index contributed by atoms with van der Waals surface area (Å²) >= 11 is 0. The zero-order chi connectivity index (χ0) is 23.2. The first-order chi connectivity index (χ1) is 16.1. The molecule has 0 spiro atoms. The van der Waals surface area contributed by atoms with E-state index in [-0.39, 0.29) is 18.0 Å². The lowest BCUT2D eigenvalue weighted by Crippen LogP contribution is -2.25. The molecule has 178 valence electrons. The molecule has 0 aliphatic rings. The second kappa shape index (κ2) is 11.8. The number of para-hydroxylation sites is 1. The van der Waals surface area contributed by atoms with Crippen molar-refractivity contribution >= 4 is 29.2 Å². The number of rotatable bonds is 10. The fourth-order valence-electron chi connectivity index (χ4n) is 3.97. The number of carbonyl (C=O) groups excluding carboxylic acids is 1. The van der Waals surface area contributed by atoms with Crippen LogP contribution in [0.15, 0.2) is 77.2 Å². The standard InChI is InChI=1S/C28H28FNO3.ClH/c1-3-30(4-2)18-9-19-32-21-16-14-20(15-17-21)28-26(23-11-6-8-13-25(23)33-28)27(31)22-10-5-7-12-24(22)29;/h5-8,10-17H,3-4,9,18-19H2,1-2H3;1H. The second-order valence-electron chi connectivity index (χ2n) is 7.86. The van der Waals surface area contributed by atoms with E-state index in [0.29, 0.717) is 28.9 Å². The maximum Gasteiger partial charge on any atom is 0.200 e. The van der Waals surface area contributed by atoms with Crippen molar-refractivity contribution in [3.05, 3.63) is 89.7 Å². The molecule has 4 aromatic rings. The molecule has 0 saturated heterocycles. The van der Waals surface area contributed by atoms with Crippen molar-refractivity contribution in [2.24, 2.45) is 0 Å². The minimum Gasteiger partial charge on any atom is -0.494 e. The van der Waals surface area contributed by atoms with Gasteiger partial charge in [0.1, 0.15) is 22.9 Å². The number of furan rings is 1. The summed E-state index contributed by atoms with van der Waals surface area (Å²) < 4.78 is 26.3. The van der Waals surface area contributed by atoms with Crippen molar-refractivity contribution in [2.75, 3.05) is 26.2 Å². The highest BCUT2D eigenvalue weighted by Crippen LogP contribution is 2.36. The summed E-state index contributed by atoms with van der Waals surface area (Å²) in [5.41, 5.74) is 1.72. The molecular formula is C28H29ClFNO3. The number of fused-ring (bicyclic) bond motifs is 1. The van der Waals surface area contributed by atoms with Crippen molar-refractivity contribution in [2.45, 2.75) is 20.3 Å². The summed E-state index contributed by atoms with van der Waals surface area (Å²) in [6.07, 6.45) is 0.953. The molecule has 0 atom stereocenters. The third-order valence-corrected chi connectivity index (χ3v) is 5.84. The van der Waals surface area contributed by atoms with E-state index in [1.54, 1.807) is 12.1 Å². The number of nitrogens with zero attached hydrogens (tertiary/aromatic N) is 1. The molecule has 3 aromatic carbocycles. The molecule has 4 rings (SSSR count). The van der Waals surface area contributed by atoms with Crippen molar-refractivity contribution in [1.29, 1.82) is 0 Å². The Labute approximate surface area is 205 Å². The Bertz CT molecular complexity index is 1230. The first-order valence-corrected chi connectivity index (χ1v) is 11.4. The van der Waals surface area contributed by atoms with Crippen LogP contribution >= 0.6 is 12.4 Å². The van der Waals surface area contributed by atoms with Crippen LogP contribution in [0.1, 0.15) is 36.2 Å². The fourth-order valence-corrected chi connectivity index (χ4v) is 3.97. The van der Waals surface area contributed by atoms with Gasteiger partial charge in [-0.05, 0) is 62.0 Å². The monoisotopic (exact) mass is 481 g/mol. The molecule has 6 heteroatoms. The van der Waals surface area contributed by atoms with Crippen LogP contribution in [-0.2, 0) is 0 Å². The van der Waals surface area contributed by atoms with E-state index in [1.165, 1.54) is 12.1 Å². The zero-order valence-corrected chi connectivity index (χ0v) is 20.2. The Hall–Kier alpha value is -3.15. The summed E-state index contributed by atoms with van der Waals surface area (Å²) in [5.74, 6) is 0.242. The SMILES string of the molecule is CCN(CC)CCCOc1ccc(-c2oc3ccccc3c2C(=O)c2ccccc2F)cc1.Cl. The van der Waals surface area contributed by atoms with Gasteiger partial charge in [-0.25, -0.2) is 4.39 Å². The van der Waals surface area contributed by atoms with Crippen LogP contribution < -0.4 is 4.74 Å².